The van der Waals surface area contributed by atoms with E-state index in [1.165, 1.54) is 39.9 Å². The molecule has 0 atom stereocenters. The third-order valence-corrected chi connectivity index (χ3v) is 8.26. The number of halogens is 1. The van der Waals surface area contributed by atoms with E-state index in [0.29, 0.717) is 23.8 Å². The third-order valence-electron chi connectivity index (χ3n) is 4.54. The van der Waals surface area contributed by atoms with Crippen LogP contribution in [0.1, 0.15) is 23.5 Å². The van der Waals surface area contributed by atoms with Crippen molar-refractivity contribution in [2.24, 2.45) is 0 Å². The van der Waals surface area contributed by atoms with Crippen LogP contribution in [-0.4, -0.2) is 44.3 Å². The van der Waals surface area contributed by atoms with Crippen LogP contribution in [0.5, 0.6) is 0 Å². The number of fused-ring (bicyclic) bond motifs is 1. The molecule has 0 radical (unpaired) electrons. The van der Waals surface area contributed by atoms with Gasteiger partial charge in [0.15, 0.2) is 6.61 Å². The standard InChI is InChI=1S/C21H21ClN2O5S2/c1-3-24(4-2)31(27,28)15-11-9-14(10-12-15)23-18(25)13-29-21(26)20-19(22)16-7-5-6-8-17(16)30-20/h5-12H,3-4,13H2,1-2H3,(H,23,25). The van der Waals surface area contributed by atoms with Gasteiger partial charge in [0.2, 0.25) is 10.0 Å². The van der Waals surface area contributed by atoms with E-state index < -0.39 is 28.5 Å². The number of nitrogens with one attached hydrogen (secondary N) is 1. The van der Waals surface area contributed by atoms with Gasteiger partial charge in [0.05, 0.1) is 9.92 Å². The summed E-state index contributed by atoms with van der Waals surface area (Å²) in [5.41, 5.74) is 0.388. The van der Waals surface area contributed by atoms with Crippen molar-refractivity contribution in [2.45, 2.75) is 18.7 Å². The van der Waals surface area contributed by atoms with Crippen molar-refractivity contribution in [3.63, 3.8) is 0 Å². The number of amides is 1. The Hall–Kier alpha value is -2.46. The highest BCUT2D eigenvalue weighted by Crippen LogP contribution is 2.35. The first-order valence-electron chi connectivity index (χ1n) is 9.52. The molecule has 3 aromatic rings. The maximum absolute atomic E-state index is 12.5. The van der Waals surface area contributed by atoms with Crippen LogP contribution in [0.2, 0.25) is 5.02 Å². The molecule has 0 aliphatic rings. The zero-order valence-electron chi connectivity index (χ0n) is 16.9. The Morgan fingerprint density at radius 2 is 1.71 bits per heavy atom. The quantitative estimate of drug-likeness (QED) is 0.483. The molecule has 7 nitrogen and oxygen atoms in total. The van der Waals surface area contributed by atoms with Gasteiger partial charge >= 0.3 is 5.97 Å². The Morgan fingerprint density at radius 1 is 1.06 bits per heavy atom. The number of nitrogens with zero attached hydrogens (tertiary/aromatic N) is 1. The Balaban J connectivity index is 1.60. The smallest absolute Gasteiger partial charge is 0.350 e. The number of hydrogen-bond acceptors (Lipinski definition) is 6. The first-order chi connectivity index (χ1) is 14.8. The Kier molecular flexibility index (Phi) is 7.32. The number of hydrogen-bond donors (Lipinski definition) is 1. The molecule has 2 aromatic carbocycles. The van der Waals surface area contributed by atoms with E-state index in [1.807, 2.05) is 24.3 Å². The predicted molar refractivity (Wildman–Crippen MR) is 122 cm³/mol. The summed E-state index contributed by atoms with van der Waals surface area (Å²) in [5, 5.41) is 3.63. The average Bonchev–Trinajstić information content (AvgIpc) is 3.10. The molecule has 1 N–H and O–H groups in total. The van der Waals surface area contributed by atoms with Crippen LogP contribution < -0.4 is 5.32 Å². The summed E-state index contributed by atoms with van der Waals surface area (Å²) in [4.78, 5) is 24.8. The fourth-order valence-electron chi connectivity index (χ4n) is 2.96. The number of esters is 1. The van der Waals surface area contributed by atoms with E-state index in [0.717, 1.165) is 10.1 Å². The number of carbonyl (C=O) groups is 2. The Labute approximate surface area is 189 Å². The van der Waals surface area contributed by atoms with Gasteiger partial charge in [-0.25, -0.2) is 13.2 Å². The van der Waals surface area contributed by atoms with E-state index in [-0.39, 0.29) is 9.77 Å². The third kappa shape index (κ3) is 5.07. The van der Waals surface area contributed by atoms with Gasteiger partial charge in [0, 0.05) is 28.9 Å². The van der Waals surface area contributed by atoms with Crippen LogP contribution in [0, 0.1) is 0 Å². The number of benzene rings is 2. The lowest BCUT2D eigenvalue weighted by Crippen LogP contribution is -2.30. The van der Waals surface area contributed by atoms with E-state index in [1.54, 1.807) is 13.8 Å². The fourth-order valence-corrected chi connectivity index (χ4v) is 5.82. The van der Waals surface area contributed by atoms with Gasteiger partial charge in [-0.3, -0.25) is 4.79 Å². The highest BCUT2D eigenvalue weighted by Gasteiger charge is 2.22. The molecular weight excluding hydrogens is 460 g/mol. The van der Waals surface area contributed by atoms with E-state index in [4.69, 9.17) is 16.3 Å². The molecule has 1 amide bonds. The Morgan fingerprint density at radius 3 is 2.32 bits per heavy atom. The van der Waals surface area contributed by atoms with Crippen molar-refractivity contribution < 1.29 is 22.7 Å². The summed E-state index contributed by atoms with van der Waals surface area (Å²) in [6, 6.07) is 13.1. The van der Waals surface area contributed by atoms with Crippen LogP contribution in [-0.2, 0) is 19.6 Å². The molecule has 31 heavy (non-hydrogen) atoms. The molecule has 1 heterocycles. The van der Waals surface area contributed by atoms with Gasteiger partial charge < -0.3 is 10.1 Å². The molecule has 0 unspecified atom stereocenters. The van der Waals surface area contributed by atoms with Gasteiger partial charge in [-0.2, -0.15) is 4.31 Å². The molecule has 10 heteroatoms. The second-order valence-corrected chi connectivity index (χ2v) is 9.85. The molecular formula is C21H21ClN2O5S2. The Bertz CT molecular complexity index is 1200. The highest BCUT2D eigenvalue weighted by atomic mass is 35.5. The van der Waals surface area contributed by atoms with Gasteiger partial charge in [0.25, 0.3) is 5.91 Å². The van der Waals surface area contributed by atoms with Crippen LogP contribution >= 0.6 is 22.9 Å². The van der Waals surface area contributed by atoms with Crippen LogP contribution in [0.15, 0.2) is 53.4 Å². The molecule has 3 rings (SSSR count). The molecule has 164 valence electrons. The van der Waals surface area contributed by atoms with Crippen molar-refractivity contribution >= 4 is 60.6 Å². The summed E-state index contributed by atoms with van der Waals surface area (Å²) >= 11 is 7.45. The first-order valence-corrected chi connectivity index (χ1v) is 12.2. The maximum atomic E-state index is 12.5. The average molecular weight is 481 g/mol. The molecule has 0 aliphatic carbocycles. The molecule has 1 aromatic heterocycles. The molecule has 0 aliphatic heterocycles. The minimum Gasteiger partial charge on any atom is -0.451 e. The van der Waals surface area contributed by atoms with Gasteiger partial charge in [0.1, 0.15) is 4.88 Å². The minimum absolute atomic E-state index is 0.139. The summed E-state index contributed by atoms with van der Waals surface area (Å²) in [7, 11) is -3.57. The normalized spacial score (nSPS) is 11.6. The monoisotopic (exact) mass is 480 g/mol. The summed E-state index contributed by atoms with van der Waals surface area (Å²) < 4.78 is 32.3. The molecule has 0 fully saturated rings. The zero-order valence-corrected chi connectivity index (χ0v) is 19.3. The molecule has 0 spiro atoms. The number of anilines is 1. The molecule has 0 bridgehead atoms. The summed E-state index contributed by atoms with van der Waals surface area (Å²) in [6.45, 7) is 3.77. The lowest BCUT2D eigenvalue weighted by Gasteiger charge is -2.18. The van der Waals surface area contributed by atoms with Crippen LogP contribution in [0.4, 0.5) is 5.69 Å². The molecule has 0 saturated carbocycles. The number of thiophene rings is 1. The number of rotatable bonds is 8. The summed E-state index contributed by atoms with van der Waals surface area (Å²) in [5.74, 6) is -1.23. The largest absolute Gasteiger partial charge is 0.451 e. The van der Waals surface area contributed by atoms with Crippen molar-refractivity contribution in [3.8, 4) is 0 Å². The van der Waals surface area contributed by atoms with Crippen molar-refractivity contribution in [2.75, 3.05) is 25.0 Å². The number of carbonyl (C=O) groups excluding carboxylic acids is 2. The van der Waals surface area contributed by atoms with E-state index >= 15 is 0 Å². The topological polar surface area (TPSA) is 92.8 Å². The van der Waals surface area contributed by atoms with Crippen LogP contribution in [0.3, 0.4) is 0 Å². The lowest BCUT2D eigenvalue weighted by molar-refractivity contribution is -0.119. The van der Waals surface area contributed by atoms with Gasteiger partial charge in [-0.05, 0) is 30.3 Å². The zero-order chi connectivity index (χ0) is 22.6. The predicted octanol–water partition coefficient (Wildman–Crippen LogP) is 4.38. The van der Waals surface area contributed by atoms with Crippen molar-refractivity contribution in [1.82, 2.24) is 4.31 Å². The van der Waals surface area contributed by atoms with Crippen molar-refractivity contribution in [3.05, 3.63) is 58.4 Å². The first kappa shape index (κ1) is 23.2. The fraction of sp³-hybridized carbons (Fsp3) is 0.238. The molecule has 0 saturated heterocycles. The number of sulfonamides is 1. The van der Waals surface area contributed by atoms with Gasteiger partial charge in [-0.15, -0.1) is 11.3 Å². The summed E-state index contributed by atoms with van der Waals surface area (Å²) in [6.07, 6.45) is 0. The highest BCUT2D eigenvalue weighted by molar-refractivity contribution is 7.89. The number of ether oxygens (including phenoxy) is 1. The van der Waals surface area contributed by atoms with E-state index in [9.17, 15) is 18.0 Å². The van der Waals surface area contributed by atoms with Crippen LogP contribution in [0.25, 0.3) is 10.1 Å². The van der Waals surface area contributed by atoms with E-state index in [2.05, 4.69) is 5.32 Å². The maximum Gasteiger partial charge on any atom is 0.350 e. The lowest BCUT2D eigenvalue weighted by atomic mass is 10.2. The second kappa shape index (κ2) is 9.78. The second-order valence-electron chi connectivity index (χ2n) is 6.48. The SMILES string of the molecule is CCN(CC)S(=O)(=O)c1ccc(NC(=O)COC(=O)c2sc3ccccc3c2Cl)cc1. The van der Waals surface area contributed by atoms with Gasteiger partial charge in [-0.1, -0.05) is 43.6 Å². The minimum atomic E-state index is -3.57. The van der Waals surface area contributed by atoms with Crippen molar-refractivity contribution in [1.29, 1.82) is 0 Å².